The van der Waals surface area contributed by atoms with E-state index in [9.17, 15) is 10.2 Å². The van der Waals surface area contributed by atoms with Crippen LogP contribution in [-0.4, -0.2) is 63.6 Å². The number of pyridine rings is 1. The Morgan fingerprint density at radius 3 is 2.68 bits per heavy atom. The highest BCUT2D eigenvalue weighted by Crippen LogP contribution is 2.72. The number of nitrogens with zero attached hydrogens (tertiary/aromatic N) is 2. The zero-order chi connectivity index (χ0) is 26.0. The molecule has 1 aromatic heterocycles. The summed E-state index contributed by atoms with van der Waals surface area (Å²) in [5.74, 6) is 0.288. The number of aliphatic hydroxyl groups excluding tert-OH is 2. The standard InChI is InChI=1S/C32H38N2O3/c1-29(2)16-20-15-24-27(35)28(36)25(34(4)5)17-31(24)12-13-32(20,37-31)26-10-9-23(30(26,29)3)21-8-6-7-19-11-14-33-18-22(19)21/h6-9,11,14-16,18,25-28,35-36H,10,12-13,17H2,1-5H3. The van der Waals surface area contributed by atoms with Crippen molar-refractivity contribution >= 4 is 16.3 Å². The van der Waals surface area contributed by atoms with E-state index < -0.39 is 17.8 Å². The van der Waals surface area contributed by atoms with Crippen molar-refractivity contribution in [2.45, 2.75) is 75.9 Å². The fourth-order valence-corrected chi connectivity index (χ4v) is 8.83. The average Bonchev–Trinajstić information content (AvgIpc) is 3.40. The highest BCUT2D eigenvalue weighted by molar-refractivity contribution is 5.95. The lowest BCUT2D eigenvalue weighted by Gasteiger charge is -2.60. The van der Waals surface area contributed by atoms with Crippen LogP contribution in [0, 0.1) is 16.7 Å². The summed E-state index contributed by atoms with van der Waals surface area (Å²) in [6, 6.07) is 8.54. The second-order valence-electron chi connectivity index (χ2n) is 13.1. The quantitative estimate of drug-likeness (QED) is 0.617. The summed E-state index contributed by atoms with van der Waals surface area (Å²) >= 11 is 0. The number of fused-ring (bicyclic) bond motifs is 2. The molecule has 7 unspecified atom stereocenters. The van der Waals surface area contributed by atoms with Crippen molar-refractivity contribution in [3.05, 3.63) is 71.6 Å². The van der Waals surface area contributed by atoms with Crippen molar-refractivity contribution in [3.8, 4) is 0 Å². The lowest BCUT2D eigenvalue weighted by molar-refractivity contribution is -0.170. The Balaban J connectivity index is 1.39. The molecule has 3 heterocycles. The third kappa shape index (κ3) is 2.81. The molecule has 2 fully saturated rings. The van der Waals surface area contributed by atoms with Gasteiger partial charge in [-0.25, -0.2) is 0 Å². The van der Waals surface area contributed by atoms with Gasteiger partial charge in [0.05, 0.1) is 17.3 Å². The summed E-state index contributed by atoms with van der Waals surface area (Å²) in [6.45, 7) is 7.15. The van der Waals surface area contributed by atoms with E-state index in [1.807, 2.05) is 31.4 Å². The largest absolute Gasteiger partial charge is 0.388 e. The van der Waals surface area contributed by atoms with Crippen molar-refractivity contribution in [1.82, 2.24) is 9.88 Å². The zero-order valence-electron chi connectivity index (χ0n) is 22.5. The molecule has 5 heteroatoms. The minimum Gasteiger partial charge on any atom is -0.388 e. The van der Waals surface area contributed by atoms with E-state index in [0.717, 1.165) is 24.8 Å². The minimum atomic E-state index is -0.907. The van der Waals surface area contributed by atoms with Crippen LogP contribution in [0.15, 0.2) is 66.0 Å². The summed E-state index contributed by atoms with van der Waals surface area (Å²) in [5, 5.41) is 24.7. The highest BCUT2D eigenvalue weighted by atomic mass is 16.5. The maximum atomic E-state index is 11.3. The van der Waals surface area contributed by atoms with Gasteiger partial charge >= 0.3 is 0 Å². The second kappa shape index (κ2) is 7.41. The number of aliphatic hydroxyl groups is 2. The number of benzene rings is 1. The Bertz CT molecular complexity index is 1400. The van der Waals surface area contributed by atoms with Gasteiger partial charge in [0.1, 0.15) is 6.10 Å². The van der Waals surface area contributed by atoms with Gasteiger partial charge in [-0.2, -0.15) is 0 Å². The van der Waals surface area contributed by atoms with Gasteiger partial charge in [-0.15, -0.1) is 0 Å². The number of hydrogen-bond acceptors (Lipinski definition) is 5. The van der Waals surface area contributed by atoms with Crippen molar-refractivity contribution in [2.75, 3.05) is 14.1 Å². The van der Waals surface area contributed by atoms with E-state index >= 15 is 0 Å². The molecule has 0 radical (unpaired) electrons. The molecular formula is C32H38N2O3. The topological polar surface area (TPSA) is 65.8 Å². The molecule has 2 aromatic rings. The van der Waals surface area contributed by atoms with Crippen LogP contribution in [0.3, 0.4) is 0 Å². The average molecular weight is 499 g/mol. The van der Waals surface area contributed by atoms with Gasteiger partial charge in [0.2, 0.25) is 0 Å². The molecule has 0 amide bonds. The first kappa shape index (κ1) is 23.8. The van der Waals surface area contributed by atoms with Crippen LogP contribution in [-0.2, 0) is 4.74 Å². The molecule has 2 N–H and O–H groups in total. The zero-order valence-corrected chi connectivity index (χ0v) is 22.5. The summed E-state index contributed by atoms with van der Waals surface area (Å²) in [5.41, 5.74) is 3.59. The molecule has 1 aromatic carbocycles. The first-order valence-electron chi connectivity index (χ1n) is 13.8. The van der Waals surface area contributed by atoms with Crippen molar-refractivity contribution in [3.63, 3.8) is 0 Å². The molecule has 3 aliphatic carbocycles. The van der Waals surface area contributed by atoms with Crippen LogP contribution < -0.4 is 0 Å². The lowest BCUT2D eigenvalue weighted by Crippen LogP contribution is -2.63. The summed E-state index contributed by atoms with van der Waals surface area (Å²) in [6.07, 6.45) is 12.8. The molecule has 5 aliphatic rings. The number of aromatic nitrogens is 1. The fraction of sp³-hybridized carbons (Fsp3) is 0.531. The first-order chi connectivity index (χ1) is 17.5. The van der Waals surface area contributed by atoms with Crippen LogP contribution in [0.2, 0.25) is 0 Å². The SMILES string of the molecule is CN(C)C1CC23CCC4(O2)C(=CC(C)(C)C2(C)C(c5cccc6ccncc56)=CCC42)C=C3C(O)C1O. The number of ether oxygens (including phenoxy) is 1. The monoisotopic (exact) mass is 498 g/mol. The molecule has 37 heavy (non-hydrogen) atoms. The number of allylic oxidation sites excluding steroid dienone is 3. The van der Waals surface area contributed by atoms with Crippen LogP contribution in [0.4, 0.5) is 0 Å². The van der Waals surface area contributed by atoms with Gasteiger partial charge in [0, 0.05) is 35.2 Å². The third-order valence-corrected chi connectivity index (χ3v) is 11.0. The van der Waals surface area contributed by atoms with E-state index in [-0.39, 0.29) is 28.4 Å². The van der Waals surface area contributed by atoms with Gasteiger partial charge in [0.25, 0.3) is 0 Å². The number of likely N-dealkylation sites (N-methyl/N-ethyl adjacent to an activating group) is 1. The Labute approximate surface area is 219 Å². The van der Waals surface area contributed by atoms with Crippen molar-refractivity contribution in [2.24, 2.45) is 16.7 Å². The van der Waals surface area contributed by atoms with Crippen molar-refractivity contribution in [1.29, 1.82) is 0 Å². The molecule has 7 rings (SSSR count). The van der Waals surface area contributed by atoms with Gasteiger partial charge in [0.15, 0.2) is 0 Å². The van der Waals surface area contributed by atoms with E-state index in [1.165, 1.54) is 27.5 Å². The Morgan fingerprint density at radius 1 is 1.08 bits per heavy atom. The molecule has 5 nitrogen and oxygen atoms in total. The molecular weight excluding hydrogens is 460 g/mol. The van der Waals surface area contributed by atoms with Gasteiger partial charge in [-0.3, -0.25) is 4.98 Å². The molecule has 1 saturated heterocycles. The predicted molar refractivity (Wildman–Crippen MR) is 146 cm³/mol. The summed E-state index contributed by atoms with van der Waals surface area (Å²) < 4.78 is 7.34. The number of hydrogen-bond donors (Lipinski definition) is 2. The maximum absolute atomic E-state index is 11.3. The lowest BCUT2D eigenvalue weighted by atomic mass is 9.49. The maximum Gasteiger partial charge on any atom is 0.105 e. The molecule has 2 spiro atoms. The summed E-state index contributed by atoms with van der Waals surface area (Å²) in [4.78, 5) is 6.51. The Kier molecular flexibility index (Phi) is 4.76. The first-order valence-corrected chi connectivity index (χ1v) is 13.8. The smallest absolute Gasteiger partial charge is 0.105 e. The highest BCUT2D eigenvalue weighted by Gasteiger charge is 2.70. The van der Waals surface area contributed by atoms with Crippen LogP contribution >= 0.6 is 0 Å². The summed E-state index contributed by atoms with van der Waals surface area (Å²) in [7, 11) is 3.97. The van der Waals surface area contributed by atoms with Gasteiger partial charge in [-0.1, -0.05) is 57.2 Å². The van der Waals surface area contributed by atoms with E-state index in [2.05, 4.69) is 68.2 Å². The normalized spacial score (nSPS) is 41.6. The Morgan fingerprint density at radius 2 is 1.89 bits per heavy atom. The number of rotatable bonds is 2. The second-order valence-corrected chi connectivity index (χ2v) is 13.1. The fourth-order valence-electron chi connectivity index (χ4n) is 8.83. The van der Waals surface area contributed by atoms with E-state index in [1.54, 1.807) is 0 Å². The molecule has 194 valence electrons. The third-order valence-electron chi connectivity index (χ3n) is 11.0. The van der Waals surface area contributed by atoms with Crippen molar-refractivity contribution < 1.29 is 14.9 Å². The Hall–Kier alpha value is -2.31. The molecule has 7 atom stereocenters. The van der Waals surface area contributed by atoms with Crippen LogP contribution in [0.25, 0.3) is 16.3 Å². The van der Waals surface area contributed by atoms with Gasteiger partial charge in [-0.05, 0) is 78.9 Å². The van der Waals surface area contributed by atoms with Crippen LogP contribution in [0.1, 0.15) is 52.0 Å². The van der Waals surface area contributed by atoms with Crippen LogP contribution in [0.5, 0.6) is 0 Å². The van der Waals surface area contributed by atoms with Gasteiger partial charge < -0.3 is 19.8 Å². The molecule has 2 aliphatic heterocycles. The minimum absolute atomic E-state index is 0.134. The molecule has 2 bridgehead atoms. The predicted octanol–water partition coefficient (Wildman–Crippen LogP) is 4.89. The van der Waals surface area contributed by atoms with E-state index in [0.29, 0.717) is 6.42 Å². The molecule has 1 saturated carbocycles. The van der Waals surface area contributed by atoms with E-state index in [4.69, 9.17) is 4.74 Å².